The summed E-state index contributed by atoms with van der Waals surface area (Å²) in [4.78, 5) is 4.83. The Morgan fingerprint density at radius 2 is 1.67 bits per heavy atom. The van der Waals surface area contributed by atoms with Gasteiger partial charge in [0.1, 0.15) is 11.9 Å². The number of hydrogen-bond donors (Lipinski definition) is 1. The molecule has 0 saturated carbocycles. The van der Waals surface area contributed by atoms with Gasteiger partial charge in [0.05, 0.1) is 30.8 Å². The number of imidazole rings is 1. The van der Waals surface area contributed by atoms with Crippen LogP contribution in [-0.2, 0) is 12.8 Å². The summed E-state index contributed by atoms with van der Waals surface area (Å²) in [5.41, 5.74) is 7.53. The number of para-hydroxylation sites is 2. The molecule has 2 heterocycles. The van der Waals surface area contributed by atoms with E-state index in [9.17, 15) is 5.26 Å². The van der Waals surface area contributed by atoms with E-state index in [1.165, 1.54) is 5.56 Å². The summed E-state index contributed by atoms with van der Waals surface area (Å²) in [5.74, 6) is 2.41. The highest BCUT2D eigenvalue weighted by Crippen LogP contribution is 2.33. The lowest BCUT2D eigenvalue weighted by atomic mass is 9.97. The molecule has 0 atom stereocenters. The second kappa shape index (κ2) is 10.0. The van der Waals surface area contributed by atoms with Gasteiger partial charge in [-0.05, 0) is 54.3 Å². The van der Waals surface area contributed by atoms with Crippen molar-refractivity contribution in [1.29, 1.82) is 5.26 Å². The van der Waals surface area contributed by atoms with Crippen LogP contribution in [0.25, 0.3) is 16.7 Å². The minimum Gasteiger partial charge on any atom is -0.493 e. The van der Waals surface area contributed by atoms with Crippen LogP contribution in [0.2, 0.25) is 0 Å². The SMILES string of the molecule is COc1ccc(CCNc2c(Cc3ccccc3)c(C)c(C#N)c3nc4ccccc4n23)cc1OC. The molecule has 0 fully saturated rings. The molecule has 2 aromatic heterocycles. The number of rotatable bonds is 8. The van der Waals surface area contributed by atoms with Crippen molar-refractivity contribution in [1.82, 2.24) is 9.38 Å². The predicted molar refractivity (Wildman–Crippen MR) is 143 cm³/mol. The van der Waals surface area contributed by atoms with Gasteiger partial charge in [-0.1, -0.05) is 48.5 Å². The van der Waals surface area contributed by atoms with Gasteiger partial charge in [-0.3, -0.25) is 4.40 Å². The number of anilines is 1. The number of nitrogens with one attached hydrogen (secondary N) is 1. The van der Waals surface area contributed by atoms with E-state index in [-0.39, 0.29) is 0 Å². The first-order chi connectivity index (χ1) is 17.6. The van der Waals surface area contributed by atoms with Crippen molar-refractivity contribution in [3.05, 3.63) is 101 Å². The van der Waals surface area contributed by atoms with Crippen LogP contribution in [0.4, 0.5) is 5.82 Å². The first kappa shape index (κ1) is 23.3. The van der Waals surface area contributed by atoms with Crippen molar-refractivity contribution in [3.8, 4) is 17.6 Å². The molecule has 6 nitrogen and oxygen atoms in total. The van der Waals surface area contributed by atoms with Crippen LogP contribution < -0.4 is 14.8 Å². The Morgan fingerprint density at radius 3 is 2.42 bits per heavy atom. The maximum Gasteiger partial charge on any atom is 0.160 e. The fraction of sp³-hybridized carbons (Fsp3) is 0.200. The third kappa shape index (κ3) is 4.20. The number of pyridine rings is 1. The zero-order valence-corrected chi connectivity index (χ0v) is 20.7. The molecular formula is C30H28N4O2. The van der Waals surface area contributed by atoms with Crippen molar-refractivity contribution >= 4 is 22.5 Å². The highest BCUT2D eigenvalue weighted by molar-refractivity contribution is 5.86. The summed E-state index contributed by atoms with van der Waals surface area (Å²) in [7, 11) is 3.29. The highest BCUT2D eigenvalue weighted by atomic mass is 16.5. The summed E-state index contributed by atoms with van der Waals surface area (Å²) in [6.45, 7) is 2.72. The van der Waals surface area contributed by atoms with Crippen LogP contribution in [0, 0.1) is 18.3 Å². The molecule has 180 valence electrons. The highest BCUT2D eigenvalue weighted by Gasteiger charge is 2.21. The molecule has 0 aliphatic heterocycles. The van der Waals surface area contributed by atoms with E-state index in [4.69, 9.17) is 14.5 Å². The minimum absolute atomic E-state index is 0.613. The Bertz CT molecular complexity index is 1580. The van der Waals surface area contributed by atoms with Gasteiger partial charge in [-0.25, -0.2) is 4.98 Å². The van der Waals surface area contributed by atoms with Crippen molar-refractivity contribution in [2.45, 2.75) is 19.8 Å². The molecule has 1 N–H and O–H groups in total. The van der Waals surface area contributed by atoms with E-state index >= 15 is 0 Å². The molecule has 0 unspecified atom stereocenters. The standard InChI is InChI=1S/C30H28N4O2/c1-20-23(17-21-9-5-4-6-10-21)29(32-16-15-22-13-14-27(35-2)28(18-22)36-3)34-26-12-8-7-11-25(26)33-30(34)24(20)19-31/h4-14,18,32H,15-17H2,1-3H3. The number of benzene rings is 3. The van der Waals surface area contributed by atoms with Crippen LogP contribution in [-0.4, -0.2) is 30.1 Å². The third-order valence-electron chi connectivity index (χ3n) is 6.61. The smallest absolute Gasteiger partial charge is 0.160 e. The summed E-state index contributed by atoms with van der Waals surface area (Å²) in [5, 5.41) is 13.8. The number of aromatic nitrogens is 2. The summed E-state index contributed by atoms with van der Waals surface area (Å²) >= 11 is 0. The van der Waals surface area contributed by atoms with Crippen molar-refractivity contribution in [3.63, 3.8) is 0 Å². The van der Waals surface area contributed by atoms with Gasteiger partial charge in [0.2, 0.25) is 0 Å². The molecule has 0 aliphatic rings. The van der Waals surface area contributed by atoms with E-state index in [1.807, 2.05) is 55.5 Å². The van der Waals surface area contributed by atoms with Gasteiger partial charge in [0.15, 0.2) is 17.1 Å². The second-order valence-electron chi connectivity index (χ2n) is 8.73. The molecule has 0 aliphatic carbocycles. The van der Waals surface area contributed by atoms with Crippen LogP contribution in [0.1, 0.15) is 27.8 Å². The molecule has 0 bridgehead atoms. The van der Waals surface area contributed by atoms with Gasteiger partial charge >= 0.3 is 0 Å². The molecule has 0 spiro atoms. The van der Waals surface area contributed by atoms with Crippen molar-refractivity contribution < 1.29 is 9.47 Å². The monoisotopic (exact) mass is 476 g/mol. The van der Waals surface area contributed by atoms with E-state index in [0.717, 1.165) is 45.7 Å². The second-order valence-corrected chi connectivity index (χ2v) is 8.73. The van der Waals surface area contributed by atoms with E-state index in [0.29, 0.717) is 29.9 Å². The zero-order valence-electron chi connectivity index (χ0n) is 20.7. The van der Waals surface area contributed by atoms with Crippen molar-refractivity contribution in [2.24, 2.45) is 0 Å². The fourth-order valence-corrected chi connectivity index (χ4v) is 4.75. The average molecular weight is 477 g/mol. The fourth-order valence-electron chi connectivity index (χ4n) is 4.75. The Labute approximate surface area is 210 Å². The van der Waals surface area contributed by atoms with Crippen LogP contribution >= 0.6 is 0 Å². The Balaban J connectivity index is 1.60. The first-order valence-corrected chi connectivity index (χ1v) is 12.0. The number of nitriles is 1. The molecule has 0 amide bonds. The van der Waals surface area contributed by atoms with Crippen LogP contribution in [0.5, 0.6) is 11.5 Å². The van der Waals surface area contributed by atoms with Crippen LogP contribution in [0.15, 0.2) is 72.8 Å². The van der Waals surface area contributed by atoms with Gasteiger partial charge in [0, 0.05) is 18.5 Å². The number of nitrogens with zero attached hydrogens (tertiary/aromatic N) is 3. The molecule has 5 rings (SSSR count). The maximum absolute atomic E-state index is 10.1. The van der Waals surface area contributed by atoms with Crippen molar-refractivity contribution in [2.75, 3.05) is 26.1 Å². The third-order valence-corrected chi connectivity index (χ3v) is 6.61. The first-order valence-electron chi connectivity index (χ1n) is 12.0. The van der Waals surface area contributed by atoms with E-state index in [2.05, 4.69) is 40.1 Å². The number of hydrogen-bond acceptors (Lipinski definition) is 5. The molecular weight excluding hydrogens is 448 g/mol. The number of methoxy groups -OCH3 is 2. The molecule has 3 aromatic carbocycles. The number of fused-ring (bicyclic) bond motifs is 3. The van der Waals surface area contributed by atoms with Gasteiger partial charge in [-0.2, -0.15) is 5.26 Å². The topological polar surface area (TPSA) is 71.6 Å². The quantitative estimate of drug-likeness (QED) is 0.301. The lowest BCUT2D eigenvalue weighted by Crippen LogP contribution is -2.14. The zero-order chi connectivity index (χ0) is 25.1. The molecule has 36 heavy (non-hydrogen) atoms. The normalized spacial score (nSPS) is 10.9. The Hall–Kier alpha value is -4.50. The van der Waals surface area contributed by atoms with Crippen LogP contribution in [0.3, 0.4) is 0 Å². The summed E-state index contributed by atoms with van der Waals surface area (Å²) in [6, 6.07) is 26.8. The Kier molecular flexibility index (Phi) is 6.46. The van der Waals surface area contributed by atoms with Gasteiger partial charge in [-0.15, -0.1) is 0 Å². The largest absolute Gasteiger partial charge is 0.493 e. The van der Waals surface area contributed by atoms with Gasteiger partial charge in [0.25, 0.3) is 0 Å². The molecule has 5 aromatic rings. The minimum atomic E-state index is 0.613. The maximum atomic E-state index is 10.1. The molecule has 6 heteroatoms. The van der Waals surface area contributed by atoms with E-state index < -0.39 is 0 Å². The predicted octanol–water partition coefficient (Wildman–Crippen LogP) is 5.93. The summed E-state index contributed by atoms with van der Waals surface area (Å²) < 4.78 is 13.0. The van der Waals surface area contributed by atoms with E-state index in [1.54, 1.807) is 14.2 Å². The average Bonchev–Trinajstić information content (AvgIpc) is 3.30. The Morgan fingerprint density at radius 1 is 0.917 bits per heavy atom. The van der Waals surface area contributed by atoms with Gasteiger partial charge < -0.3 is 14.8 Å². The lowest BCUT2D eigenvalue weighted by molar-refractivity contribution is 0.354. The lowest BCUT2D eigenvalue weighted by Gasteiger charge is -2.19. The molecule has 0 saturated heterocycles. The molecule has 0 radical (unpaired) electrons. The number of ether oxygens (including phenoxy) is 2. The summed E-state index contributed by atoms with van der Waals surface area (Å²) in [6.07, 6.45) is 1.50.